The van der Waals surface area contributed by atoms with Crippen molar-refractivity contribution in [1.29, 1.82) is 0 Å². The van der Waals surface area contributed by atoms with Crippen LogP contribution in [0.25, 0.3) is 5.69 Å². The van der Waals surface area contributed by atoms with E-state index in [-0.39, 0.29) is 29.8 Å². The van der Waals surface area contributed by atoms with Crippen molar-refractivity contribution in [1.82, 2.24) is 34.9 Å². The highest BCUT2D eigenvalue weighted by atomic mass is 32.2. The van der Waals surface area contributed by atoms with E-state index in [4.69, 9.17) is 9.47 Å². The number of benzene rings is 1. The zero-order valence-corrected chi connectivity index (χ0v) is 26.3. The summed E-state index contributed by atoms with van der Waals surface area (Å²) in [4.78, 5) is 20.7. The second-order valence-electron chi connectivity index (χ2n) is 10.9. The summed E-state index contributed by atoms with van der Waals surface area (Å²) >= 11 is 1.57. The van der Waals surface area contributed by atoms with Gasteiger partial charge in [0.05, 0.1) is 17.4 Å². The highest BCUT2D eigenvalue weighted by Crippen LogP contribution is 2.35. The number of carbonyl (C=O) groups excluding carboxylic acids is 1. The van der Waals surface area contributed by atoms with Crippen LogP contribution in [-0.2, 0) is 17.5 Å². The lowest BCUT2D eigenvalue weighted by Gasteiger charge is -2.32. The van der Waals surface area contributed by atoms with Crippen LogP contribution in [0.5, 0.6) is 5.75 Å². The lowest BCUT2D eigenvalue weighted by Crippen LogP contribution is -2.46. The largest absolute Gasteiger partial charge is 0.486 e. The first kappa shape index (κ1) is 33.3. The van der Waals surface area contributed by atoms with Crippen molar-refractivity contribution >= 4 is 17.9 Å². The Hall–Kier alpha value is -4.06. The Bertz CT molecular complexity index is 1550. The van der Waals surface area contributed by atoms with E-state index in [1.807, 2.05) is 10.6 Å². The van der Waals surface area contributed by atoms with Crippen LogP contribution < -0.4 is 10.1 Å². The highest BCUT2D eigenvalue weighted by molar-refractivity contribution is 7.99. The highest BCUT2D eigenvalue weighted by Gasteiger charge is 2.34. The molecule has 1 fully saturated rings. The third kappa shape index (κ3) is 9.48. The lowest BCUT2D eigenvalue weighted by atomic mass is 10.1. The van der Waals surface area contributed by atoms with Gasteiger partial charge in [0, 0.05) is 56.3 Å². The van der Waals surface area contributed by atoms with Gasteiger partial charge >= 0.3 is 12.3 Å². The summed E-state index contributed by atoms with van der Waals surface area (Å²) in [6, 6.07) is 7.21. The number of carbonyl (C=O) groups is 1. The molecule has 1 amide bonds. The van der Waals surface area contributed by atoms with Crippen LogP contribution in [0, 0.1) is 11.8 Å². The molecule has 0 spiro atoms. The third-order valence-corrected chi connectivity index (χ3v) is 8.70. The topological polar surface area (TPSA) is 97.6 Å². The molecule has 1 aliphatic heterocycles. The fraction of sp³-hybridized carbons (Fsp3) is 0.438. The zero-order chi connectivity index (χ0) is 32.4. The van der Waals surface area contributed by atoms with Gasteiger partial charge in [0.25, 0.3) is 0 Å². The molecule has 0 bridgehead atoms. The van der Waals surface area contributed by atoms with Gasteiger partial charge in [-0.3, -0.25) is 14.5 Å². The van der Waals surface area contributed by atoms with E-state index in [9.17, 15) is 18.0 Å². The van der Waals surface area contributed by atoms with Crippen molar-refractivity contribution in [2.75, 3.05) is 52.9 Å². The molecule has 1 saturated heterocycles. The standard InChI is InChI=1S/C32H36F3N7O3S/c1-40-16-18-41(19-17-40)15-14-37-31(43)44-20-6-7-24-11-12-26(21-28(24)32(33,34)35)45-23-29-38-39-30(46-27-9-3-2-4-10-27)42(29)25-8-5-13-36-22-25/h3,5,8-9,11-13,21-22,27H,2,4,10,14-20,23H2,1H3,(H,37,43). The van der Waals surface area contributed by atoms with E-state index < -0.39 is 17.8 Å². The van der Waals surface area contributed by atoms with Crippen LogP contribution in [0.3, 0.4) is 0 Å². The fourth-order valence-corrected chi connectivity index (χ4v) is 6.16. The molecule has 1 aromatic carbocycles. The minimum atomic E-state index is -4.68. The van der Waals surface area contributed by atoms with Gasteiger partial charge in [0.1, 0.15) is 12.4 Å². The minimum Gasteiger partial charge on any atom is -0.486 e. The maximum Gasteiger partial charge on any atom is 0.417 e. The van der Waals surface area contributed by atoms with Crippen molar-refractivity contribution < 1.29 is 27.4 Å². The van der Waals surface area contributed by atoms with E-state index in [0.29, 0.717) is 24.1 Å². The number of piperazine rings is 1. The number of hydrogen-bond donors (Lipinski definition) is 1. The number of amides is 1. The molecule has 3 heterocycles. The van der Waals surface area contributed by atoms with Crippen molar-refractivity contribution in [3.05, 3.63) is 71.8 Å². The number of nitrogens with zero attached hydrogens (tertiary/aromatic N) is 6. The quantitative estimate of drug-likeness (QED) is 0.244. The number of halogens is 3. The molecule has 5 rings (SSSR count). The molecule has 244 valence electrons. The Morgan fingerprint density at radius 3 is 2.76 bits per heavy atom. The Labute approximate surface area is 270 Å². The van der Waals surface area contributed by atoms with E-state index in [2.05, 4.69) is 61.3 Å². The Kier molecular flexibility index (Phi) is 11.6. The molecule has 0 radical (unpaired) electrons. The molecule has 1 aliphatic carbocycles. The normalized spacial score (nSPS) is 17.3. The number of nitrogens with one attached hydrogen (secondary N) is 1. The number of ether oxygens (including phenoxy) is 2. The number of likely N-dealkylation sites (N-methyl/N-ethyl adjacent to an activating group) is 1. The fourth-order valence-electron chi connectivity index (χ4n) is 5.01. The first-order valence-corrected chi connectivity index (χ1v) is 16.0. The van der Waals surface area contributed by atoms with Gasteiger partial charge < -0.3 is 19.7 Å². The van der Waals surface area contributed by atoms with Crippen molar-refractivity contribution in [3.8, 4) is 23.3 Å². The van der Waals surface area contributed by atoms with Crippen LogP contribution in [0.2, 0.25) is 0 Å². The molecular weight excluding hydrogens is 619 g/mol. The average molecular weight is 656 g/mol. The first-order valence-electron chi connectivity index (χ1n) is 15.1. The molecule has 2 aliphatic rings. The summed E-state index contributed by atoms with van der Waals surface area (Å²) < 4.78 is 54.6. The zero-order valence-electron chi connectivity index (χ0n) is 25.5. The van der Waals surface area contributed by atoms with Gasteiger partial charge in [-0.1, -0.05) is 35.8 Å². The number of alkyl carbamates (subject to hydrolysis) is 1. The molecule has 10 nitrogen and oxygen atoms in total. The molecule has 1 N–H and O–H groups in total. The summed E-state index contributed by atoms with van der Waals surface area (Å²) in [7, 11) is 2.07. The second-order valence-corrected chi connectivity index (χ2v) is 12.1. The van der Waals surface area contributed by atoms with E-state index >= 15 is 0 Å². The molecule has 1 atom stereocenters. The summed E-state index contributed by atoms with van der Waals surface area (Å²) in [6.45, 7) is 4.43. The van der Waals surface area contributed by atoms with Gasteiger partial charge in [-0.05, 0) is 56.6 Å². The number of hydrogen-bond acceptors (Lipinski definition) is 9. The molecule has 1 unspecified atom stereocenters. The van der Waals surface area contributed by atoms with E-state index in [1.54, 1.807) is 30.2 Å². The van der Waals surface area contributed by atoms with Gasteiger partial charge in [0.2, 0.25) is 0 Å². The van der Waals surface area contributed by atoms with Crippen molar-refractivity contribution in [2.24, 2.45) is 0 Å². The predicted molar refractivity (Wildman–Crippen MR) is 168 cm³/mol. The number of alkyl halides is 3. The Morgan fingerprint density at radius 2 is 2.02 bits per heavy atom. The monoisotopic (exact) mass is 655 g/mol. The molecule has 14 heteroatoms. The Balaban J connectivity index is 1.20. The molecule has 3 aromatic rings. The van der Waals surface area contributed by atoms with Gasteiger partial charge in [-0.15, -0.1) is 10.2 Å². The SMILES string of the molecule is CN1CCN(CCNC(=O)OCC#Cc2ccc(OCc3nnc(SC4C=CCCC4)n3-c3cccnc3)cc2C(F)(F)F)CC1. The van der Waals surface area contributed by atoms with E-state index in [0.717, 1.165) is 57.2 Å². The van der Waals surface area contributed by atoms with Crippen LogP contribution >= 0.6 is 11.8 Å². The number of pyridine rings is 1. The van der Waals surface area contributed by atoms with Gasteiger partial charge in [-0.2, -0.15) is 13.2 Å². The molecular formula is C32H36F3N7O3S. The minimum absolute atomic E-state index is 0.000920. The number of aromatic nitrogens is 4. The van der Waals surface area contributed by atoms with Crippen LogP contribution in [0.15, 0.2) is 60.0 Å². The lowest BCUT2D eigenvalue weighted by molar-refractivity contribution is -0.137. The third-order valence-electron chi connectivity index (χ3n) is 7.53. The summed E-state index contributed by atoms with van der Waals surface area (Å²) in [5.74, 6) is 5.40. The van der Waals surface area contributed by atoms with Crippen LogP contribution in [-0.4, -0.2) is 93.8 Å². The van der Waals surface area contributed by atoms with Crippen LogP contribution in [0.4, 0.5) is 18.0 Å². The molecule has 2 aromatic heterocycles. The number of allylic oxidation sites excluding steroid dienone is 1. The van der Waals surface area contributed by atoms with E-state index in [1.165, 1.54) is 12.1 Å². The second kappa shape index (κ2) is 16.0. The average Bonchev–Trinajstić information content (AvgIpc) is 3.45. The predicted octanol–water partition coefficient (Wildman–Crippen LogP) is 4.79. The molecule has 0 saturated carbocycles. The van der Waals surface area contributed by atoms with Gasteiger partial charge in [-0.25, -0.2) is 4.79 Å². The van der Waals surface area contributed by atoms with Crippen molar-refractivity contribution in [2.45, 2.75) is 42.5 Å². The maximum absolute atomic E-state index is 14.0. The Morgan fingerprint density at radius 1 is 1.17 bits per heavy atom. The van der Waals surface area contributed by atoms with Gasteiger partial charge in [0.15, 0.2) is 17.6 Å². The first-order chi connectivity index (χ1) is 22.3. The number of thioether (sulfide) groups is 1. The van der Waals surface area contributed by atoms with Crippen LogP contribution in [0.1, 0.15) is 36.2 Å². The number of rotatable bonds is 10. The maximum atomic E-state index is 14.0. The summed E-state index contributed by atoms with van der Waals surface area (Å²) in [5, 5.41) is 12.2. The summed E-state index contributed by atoms with van der Waals surface area (Å²) in [6.07, 6.45) is 5.45. The molecule has 46 heavy (non-hydrogen) atoms. The summed E-state index contributed by atoms with van der Waals surface area (Å²) in [5.41, 5.74) is -0.485. The van der Waals surface area contributed by atoms with Crippen molar-refractivity contribution in [3.63, 3.8) is 0 Å². The smallest absolute Gasteiger partial charge is 0.417 e.